The van der Waals surface area contributed by atoms with Crippen LogP contribution in [0, 0.1) is 0 Å². The molecule has 2 heterocycles. The molecule has 4 rings (SSSR count). The van der Waals surface area contributed by atoms with Gasteiger partial charge >= 0.3 is 0 Å². The summed E-state index contributed by atoms with van der Waals surface area (Å²) >= 11 is 0. The van der Waals surface area contributed by atoms with Gasteiger partial charge in [0.25, 0.3) is 0 Å². The normalized spacial score (nSPS) is 17.4. The van der Waals surface area contributed by atoms with Crippen molar-refractivity contribution in [3.05, 3.63) is 66.4 Å². The molecule has 5 nitrogen and oxygen atoms in total. The quantitative estimate of drug-likeness (QED) is 0.721. The number of nitrogens with zero attached hydrogens (tertiary/aromatic N) is 3. The summed E-state index contributed by atoms with van der Waals surface area (Å²) in [5.74, 6) is 0.727. The van der Waals surface area contributed by atoms with Gasteiger partial charge in [-0.3, -0.25) is 5.43 Å². The zero-order valence-corrected chi connectivity index (χ0v) is 14.2. The number of benzene rings is 2. The van der Waals surface area contributed by atoms with Gasteiger partial charge in [-0.1, -0.05) is 54.6 Å². The Balaban J connectivity index is 1.37. The summed E-state index contributed by atoms with van der Waals surface area (Å²) in [6.45, 7) is 3.34. The fourth-order valence-corrected chi connectivity index (χ4v) is 3.31. The first-order valence-electron chi connectivity index (χ1n) is 8.78. The Morgan fingerprint density at radius 2 is 1.72 bits per heavy atom. The molecule has 25 heavy (non-hydrogen) atoms. The van der Waals surface area contributed by atoms with Gasteiger partial charge in [-0.2, -0.15) is 10.2 Å². The molecule has 0 radical (unpaired) electrons. The van der Waals surface area contributed by atoms with Crippen LogP contribution in [0.15, 0.2) is 65.9 Å². The highest BCUT2D eigenvalue weighted by Gasteiger charge is 2.18. The number of nitrogens with one attached hydrogen (secondary N) is 2. The highest BCUT2D eigenvalue weighted by atomic mass is 15.3. The Hall–Kier alpha value is -2.79. The summed E-state index contributed by atoms with van der Waals surface area (Å²) in [5.41, 5.74) is 5.75. The molecule has 126 valence electrons. The molecule has 0 atom stereocenters. The van der Waals surface area contributed by atoms with Gasteiger partial charge in [0, 0.05) is 34.9 Å². The molecule has 2 aromatic carbocycles. The third kappa shape index (κ3) is 3.83. The van der Waals surface area contributed by atoms with Gasteiger partial charge in [0.1, 0.15) is 6.54 Å². The summed E-state index contributed by atoms with van der Waals surface area (Å²) in [6.07, 6.45) is 3.82. The van der Waals surface area contributed by atoms with E-state index in [9.17, 15) is 0 Å². The van der Waals surface area contributed by atoms with E-state index in [1.54, 1.807) is 11.1 Å². The van der Waals surface area contributed by atoms with Crippen molar-refractivity contribution in [2.45, 2.75) is 19.4 Å². The van der Waals surface area contributed by atoms with Crippen LogP contribution in [0.1, 0.15) is 18.4 Å². The van der Waals surface area contributed by atoms with Crippen LogP contribution in [0.25, 0.3) is 10.8 Å². The molecule has 0 bridgehead atoms. The minimum absolute atomic E-state index is 0.727. The second-order valence-electron chi connectivity index (χ2n) is 6.48. The maximum atomic E-state index is 4.60. The van der Waals surface area contributed by atoms with Gasteiger partial charge in [0.2, 0.25) is 0 Å². The SMILES string of the molecule is c1ccc(C[NH+]2CCC(=NNc3nncc4ccccc34)CC2)cc1. The Labute approximate surface area is 147 Å². The smallest absolute Gasteiger partial charge is 0.176 e. The second-order valence-corrected chi connectivity index (χ2v) is 6.48. The van der Waals surface area contributed by atoms with Crippen molar-refractivity contribution < 1.29 is 4.90 Å². The van der Waals surface area contributed by atoms with Crippen molar-refractivity contribution in [2.24, 2.45) is 5.10 Å². The molecule has 0 spiro atoms. The lowest BCUT2D eigenvalue weighted by atomic mass is 10.1. The first-order chi connectivity index (χ1) is 12.4. The topological polar surface area (TPSA) is 54.6 Å². The number of hydrogen-bond acceptors (Lipinski definition) is 4. The van der Waals surface area contributed by atoms with Crippen molar-refractivity contribution in [2.75, 3.05) is 18.5 Å². The Morgan fingerprint density at radius 1 is 0.960 bits per heavy atom. The molecule has 0 saturated carbocycles. The van der Waals surface area contributed by atoms with Gasteiger partial charge < -0.3 is 4.90 Å². The van der Waals surface area contributed by atoms with Crippen LogP contribution in [0.5, 0.6) is 0 Å². The molecule has 3 aromatic rings. The van der Waals surface area contributed by atoms with E-state index in [1.807, 2.05) is 24.3 Å². The maximum absolute atomic E-state index is 4.60. The minimum Gasteiger partial charge on any atom is -0.331 e. The Morgan fingerprint density at radius 3 is 2.56 bits per heavy atom. The molecular formula is C20H22N5+. The number of anilines is 1. The monoisotopic (exact) mass is 332 g/mol. The standard InChI is InChI=1S/C20H21N5/c1-2-6-16(7-3-1)15-25-12-10-18(11-13-25)22-24-20-19-9-5-4-8-17(19)14-21-23-20/h1-9,14H,10-13,15H2,(H,23,24)/p+1. The van der Waals surface area contributed by atoms with Crippen LogP contribution in [0.3, 0.4) is 0 Å². The number of aromatic nitrogens is 2. The molecule has 1 aliphatic rings. The van der Waals surface area contributed by atoms with Crippen molar-refractivity contribution >= 4 is 22.3 Å². The number of hydrogen-bond donors (Lipinski definition) is 2. The van der Waals surface area contributed by atoms with E-state index in [-0.39, 0.29) is 0 Å². The summed E-state index contributed by atoms with van der Waals surface area (Å²) in [6, 6.07) is 18.8. The highest BCUT2D eigenvalue weighted by molar-refractivity contribution is 5.92. The van der Waals surface area contributed by atoms with Crippen molar-refractivity contribution in [3.8, 4) is 0 Å². The Kier molecular flexibility index (Phi) is 4.65. The third-order valence-corrected chi connectivity index (χ3v) is 4.72. The van der Waals surface area contributed by atoms with Gasteiger partial charge in [0.15, 0.2) is 5.82 Å². The molecule has 1 aliphatic heterocycles. The van der Waals surface area contributed by atoms with Gasteiger partial charge in [-0.25, -0.2) is 0 Å². The average Bonchev–Trinajstić information content (AvgIpc) is 2.68. The number of fused-ring (bicyclic) bond motifs is 1. The van der Waals surface area contributed by atoms with E-state index in [0.717, 1.165) is 49.1 Å². The fourth-order valence-electron chi connectivity index (χ4n) is 3.31. The van der Waals surface area contributed by atoms with Crippen molar-refractivity contribution in [3.63, 3.8) is 0 Å². The fraction of sp³-hybridized carbons (Fsp3) is 0.250. The van der Waals surface area contributed by atoms with Crippen molar-refractivity contribution in [1.29, 1.82) is 0 Å². The van der Waals surface area contributed by atoms with Crippen LogP contribution in [0.4, 0.5) is 5.82 Å². The van der Waals surface area contributed by atoms with Crippen molar-refractivity contribution in [1.82, 2.24) is 10.2 Å². The van der Waals surface area contributed by atoms with E-state index in [2.05, 4.69) is 51.1 Å². The number of piperidine rings is 1. The molecule has 0 aliphatic carbocycles. The van der Waals surface area contributed by atoms with Crippen LogP contribution in [-0.2, 0) is 6.54 Å². The predicted octanol–water partition coefficient (Wildman–Crippen LogP) is 2.28. The second kappa shape index (κ2) is 7.40. The summed E-state index contributed by atoms with van der Waals surface area (Å²) in [4.78, 5) is 1.62. The lowest BCUT2D eigenvalue weighted by Gasteiger charge is -2.24. The molecule has 1 aromatic heterocycles. The first-order valence-corrected chi connectivity index (χ1v) is 8.78. The number of hydrazone groups is 1. The van der Waals surface area contributed by atoms with Crippen LogP contribution >= 0.6 is 0 Å². The molecule has 1 saturated heterocycles. The lowest BCUT2D eigenvalue weighted by molar-refractivity contribution is -0.914. The summed E-state index contributed by atoms with van der Waals surface area (Å²) < 4.78 is 0. The molecular weight excluding hydrogens is 310 g/mol. The molecule has 2 N–H and O–H groups in total. The largest absolute Gasteiger partial charge is 0.331 e. The highest BCUT2D eigenvalue weighted by Crippen LogP contribution is 2.19. The van der Waals surface area contributed by atoms with Crippen LogP contribution in [-0.4, -0.2) is 29.0 Å². The maximum Gasteiger partial charge on any atom is 0.176 e. The lowest BCUT2D eigenvalue weighted by Crippen LogP contribution is -3.11. The number of rotatable bonds is 4. The predicted molar refractivity (Wildman–Crippen MR) is 101 cm³/mol. The van der Waals surface area contributed by atoms with E-state index < -0.39 is 0 Å². The summed E-state index contributed by atoms with van der Waals surface area (Å²) in [5, 5.41) is 15.0. The number of quaternary nitrogens is 1. The molecule has 5 heteroatoms. The molecule has 0 amide bonds. The zero-order chi connectivity index (χ0) is 16.9. The van der Waals surface area contributed by atoms with E-state index in [4.69, 9.17) is 0 Å². The van der Waals surface area contributed by atoms with Gasteiger partial charge in [-0.15, -0.1) is 5.10 Å². The van der Waals surface area contributed by atoms with E-state index in [0.29, 0.717) is 0 Å². The first kappa shape index (κ1) is 15.7. The zero-order valence-electron chi connectivity index (χ0n) is 14.2. The molecule has 1 fully saturated rings. The van der Waals surface area contributed by atoms with Crippen LogP contribution in [0.2, 0.25) is 0 Å². The minimum atomic E-state index is 0.727. The number of likely N-dealkylation sites (tertiary alicyclic amines) is 1. The van der Waals surface area contributed by atoms with Gasteiger partial charge in [-0.05, 0) is 0 Å². The summed E-state index contributed by atoms with van der Waals surface area (Å²) in [7, 11) is 0. The third-order valence-electron chi connectivity index (χ3n) is 4.72. The Bertz CT molecular complexity index is 860. The van der Waals surface area contributed by atoms with Gasteiger partial charge in [0.05, 0.1) is 19.3 Å². The van der Waals surface area contributed by atoms with Crippen LogP contribution < -0.4 is 10.3 Å². The molecule has 0 unspecified atom stereocenters. The van der Waals surface area contributed by atoms with E-state index in [1.165, 1.54) is 11.3 Å². The van der Waals surface area contributed by atoms with E-state index >= 15 is 0 Å². The average molecular weight is 332 g/mol.